The predicted molar refractivity (Wildman–Crippen MR) is 101 cm³/mol. The molecule has 0 heterocycles. The van der Waals surface area contributed by atoms with Gasteiger partial charge in [-0.05, 0) is 64.4 Å². The van der Waals surface area contributed by atoms with Crippen LogP contribution < -0.4 is 5.32 Å². The van der Waals surface area contributed by atoms with Gasteiger partial charge in [0, 0.05) is 12.8 Å². The van der Waals surface area contributed by atoms with Gasteiger partial charge in [-0.3, -0.25) is 9.98 Å². The largest absolute Gasteiger partial charge is 0.444 e. The molecule has 132 valence electrons. The molecule has 0 spiro atoms. The minimum Gasteiger partial charge on any atom is -0.444 e. The standard InChI is InChI=1S/C19H29N3O2/c1-7-14(13-22-18(23)24-19(3,4)5)11-15-9-10-16(20-6)17(12-15)21-8-2/h8-10,12,14H,6-7,11,13H2,1-5H3,(H,22,23)/b21-8-. The molecule has 24 heavy (non-hydrogen) atoms. The van der Waals surface area contributed by atoms with Crippen molar-refractivity contribution in [3.05, 3.63) is 23.8 Å². The first kappa shape index (κ1) is 19.9. The Morgan fingerprint density at radius 2 is 2.08 bits per heavy atom. The molecule has 5 heteroatoms. The number of hydrogen-bond donors (Lipinski definition) is 1. The summed E-state index contributed by atoms with van der Waals surface area (Å²) in [6, 6.07) is 5.99. The number of nitrogens with one attached hydrogen (secondary N) is 1. The summed E-state index contributed by atoms with van der Waals surface area (Å²) in [5.41, 5.74) is 2.28. The fraction of sp³-hybridized carbons (Fsp3) is 0.526. The third kappa shape index (κ3) is 6.94. The van der Waals surface area contributed by atoms with Crippen molar-refractivity contribution >= 4 is 30.4 Å². The lowest BCUT2D eigenvalue weighted by Gasteiger charge is -2.21. The van der Waals surface area contributed by atoms with Gasteiger partial charge >= 0.3 is 6.09 Å². The van der Waals surface area contributed by atoms with Crippen molar-refractivity contribution in [3.63, 3.8) is 0 Å². The van der Waals surface area contributed by atoms with Gasteiger partial charge in [0.25, 0.3) is 0 Å². The number of hydrogen-bond acceptors (Lipinski definition) is 4. The molecule has 0 saturated carbocycles. The van der Waals surface area contributed by atoms with E-state index in [9.17, 15) is 4.79 Å². The average Bonchev–Trinajstić information content (AvgIpc) is 2.50. The number of carbonyl (C=O) groups is 1. The summed E-state index contributed by atoms with van der Waals surface area (Å²) in [6.45, 7) is 13.7. The molecule has 1 unspecified atom stereocenters. The van der Waals surface area contributed by atoms with Crippen LogP contribution in [0.4, 0.5) is 16.2 Å². The van der Waals surface area contributed by atoms with Crippen molar-refractivity contribution in [1.29, 1.82) is 0 Å². The maximum absolute atomic E-state index is 11.8. The van der Waals surface area contributed by atoms with Gasteiger partial charge in [0.15, 0.2) is 0 Å². The lowest BCUT2D eigenvalue weighted by atomic mass is 9.96. The first-order valence-corrected chi connectivity index (χ1v) is 8.34. The summed E-state index contributed by atoms with van der Waals surface area (Å²) >= 11 is 0. The lowest BCUT2D eigenvalue weighted by molar-refractivity contribution is 0.0518. The zero-order chi connectivity index (χ0) is 18.2. The van der Waals surface area contributed by atoms with Crippen LogP contribution in [0.5, 0.6) is 0 Å². The molecule has 1 N–H and O–H groups in total. The topological polar surface area (TPSA) is 63.0 Å². The Kier molecular flexibility index (Phi) is 7.62. The molecule has 0 fully saturated rings. The fourth-order valence-electron chi connectivity index (χ4n) is 2.31. The molecule has 1 aromatic carbocycles. The summed E-state index contributed by atoms with van der Waals surface area (Å²) < 4.78 is 5.28. The van der Waals surface area contributed by atoms with Crippen LogP contribution in [0.2, 0.25) is 0 Å². The second-order valence-corrected chi connectivity index (χ2v) is 6.73. The third-order valence-corrected chi connectivity index (χ3v) is 3.51. The second kappa shape index (κ2) is 9.21. The van der Waals surface area contributed by atoms with Gasteiger partial charge in [-0.15, -0.1) is 0 Å². The van der Waals surface area contributed by atoms with Crippen LogP contribution >= 0.6 is 0 Å². The molecule has 0 aliphatic rings. The molecule has 0 aliphatic heterocycles. The molecule has 1 atom stereocenters. The van der Waals surface area contributed by atoms with Crippen LogP contribution in [-0.2, 0) is 11.2 Å². The minimum atomic E-state index is -0.480. The zero-order valence-corrected chi connectivity index (χ0v) is 15.4. The molecule has 0 aromatic heterocycles. The molecule has 0 bridgehead atoms. The number of aliphatic imine (C=N–C) groups is 2. The van der Waals surface area contributed by atoms with Crippen molar-refractivity contribution in [2.45, 2.75) is 53.1 Å². The van der Waals surface area contributed by atoms with Gasteiger partial charge in [-0.2, -0.15) is 0 Å². The molecule has 1 amide bonds. The SMILES string of the molecule is C=Nc1ccc(CC(CC)CNC(=O)OC(C)(C)C)cc1/N=C\C. The highest BCUT2D eigenvalue weighted by Crippen LogP contribution is 2.29. The minimum absolute atomic E-state index is 0.332. The van der Waals surface area contributed by atoms with E-state index in [0.717, 1.165) is 24.2 Å². The maximum atomic E-state index is 11.8. The summed E-state index contributed by atoms with van der Waals surface area (Å²) in [7, 11) is 0. The zero-order valence-electron chi connectivity index (χ0n) is 15.4. The van der Waals surface area contributed by atoms with Gasteiger partial charge in [0.1, 0.15) is 5.60 Å². The second-order valence-electron chi connectivity index (χ2n) is 6.73. The number of nitrogens with zero attached hydrogens (tertiary/aromatic N) is 2. The quantitative estimate of drug-likeness (QED) is 0.727. The Labute approximate surface area is 145 Å². The van der Waals surface area contributed by atoms with Crippen LogP contribution in [-0.4, -0.2) is 31.2 Å². The van der Waals surface area contributed by atoms with E-state index >= 15 is 0 Å². The van der Waals surface area contributed by atoms with E-state index in [1.807, 2.05) is 45.9 Å². The average molecular weight is 331 g/mol. The summed E-state index contributed by atoms with van der Waals surface area (Å²) in [6.07, 6.45) is 3.19. The Hall–Kier alpha value is -2.17. The van der Waals surface area contributed by atoms with Gasteiger partial charge in [0.2, 0.25) is 0 Å². The molecular weight excluding hydrogens is 302 g/mol. The Bertz CT molecular complexity index is 589. The van der Waals surface area contributed by atoms with Gasteiger partial charge in [-0.25, -0.2) is 4.79 Å². The van der Waals surface area contributed by atoms with Crippen molar-refractivity contribution < 1.29 is 9.53 Å². The van der Waals surface area contributed by atoms with Crippen LogP contribution in [0.15, 0.2) is 28.2 Å². The molecule has 0 saturated heterocycles. The molecule has 0 radical (unpaired) electrons. The first-order valence-electron chi connectivity index (χ1n) is 8.34. The molecule has 1 aromatic rings. The number of carbonyl (C=O) groups excluding carboxylic acids is 1. The Morgan fingerprint density at radius 1 is 1.38 bits per heavy atom. The van der Waals surface area contributed by atoms with E-state index in [-0.39, 0.29) is 6.09 Å². The van der Waals surface area contributed by atoms with Gasteiger partial charge in [-0.1, -0.05) is 19.4 Å². The Balaban J connectivity index is 2.70. The number of benzene rings is 1. The third-order valence-electron chi connectivity index (χ3n) is 3.51. The van der Waals surface area contributed by atoms with Gasteiger partial charge in [0.05, 0.1) is 11.4 Å². The molecular formula is C19H29N3O2. The van der Waals surface area contributed by atoms with Crippen molar-refractivity contribution in [2.24, 2.45) is 15.9 Å². The number of alkyl carbamates (subject to hydrolysis) is 1. The Morgan fingerprint density at radius 3 is 2.62 bits per heavy atom. The maximum Gasteiger partial charge on any atom is 0.407 e. The number of rotatable bonds is 7. The number of amides is 1. The van der Waals surface area contributed by atoms with Crippen molar-refractivity contribution in [1.82, 2.24) is 5.32 Å². The smallest absolute Gasteiger partial charge is 0.407 e. The first-order chi connectivity index (χ1) is 11.3. The van der Waals surface area contributed by atoms with Gasteiger partial charge < -0.3 is 10.1 Å². The van der Waals surface area contributed by atoms with Crippen LogP contribution in [0.3, 0.4) is 0 Å². The van der Waals surface area contributed by atoms with Crippen LogP contribution in [0.25, 0.3) is 0 Å². The number of ether oxygens (including phenoxy) is 1. The van der Waals surface area contributed by atoms with E-state index in [1.165, 1.54) is 5.56 Å². The molecule has 5 nitrogen and oxygen atoms in total. The van der Waals surface area contributed by atoms with E-state index in [4.69, 9.17) is 4.74 Å². The normalized spacial score (nSPS) is 12.9. The highest BCUT2D eigenvalue weighted by atomic mass is 16.6. The molecule has 1 rings (SSSR count). The fourth-order valence-corrected chi connectivity index (χ4v) is 2.31. The summed E-state index contributed by atoms with van der Waals surface area (Å²) in [5, 5.41) is 2.85. The highest BCUT2D eigenvalue weighted by Gasteiger charge is 2.17. The van der Waals surface area contributed by atoms with Crippen LogP contribution in [0, 0.1) is 5.92 Å². The molecule has 0 aliphatic carbocycles. The predicted octanol–water partition coefficient (Wildman–Crippen LogP) is 4.83. The summed E-state index contributed by atoms with van der Waals surface area (Å²) in [5.74, 6) is 0.332. The van der Waals surface area contributed by atoms with E-state index in [0.29, 0.717) is 12.5 Å². The van der Waals surface area contributed by atoms with E-state index in [1.54, 1.807) is 6.21 Å². The van der Waals surface area contributed by atoms with E-state index in [2.05, 4.69) is 28.9 Å². The highest BCUT2D eigenvalue weighted by molar-refractivity contribution is 5.71. The lowest BCUT2D eigenvalue weighted by Crippen LogP contribution is -2.35. The van der Waals surface area contributed by atoms with Crippen molar-refractivity contribution in [3.8, 4) is 0 Å². The van der Waals surface area contributed by atoms with Crippen molar-refractivity contribution in [2.75, 3.05) is 6.54 Å². The monoisotopic (exact) mass is 331 g/mol. The van der Waals surface area contributed by atoms with E-state index < -0.39 is 5.60 Å². The summed E-state index contributed by atoms with van der Waals surface area (Å²) in [4.78, 5) is 20.1. The van der Waals surface area contributed by atoms with Crippen LogP contribution in [0.1, 0.15) is 46.6 Å².